The van der Waals surface area contributed by atoms with Gasteiger partial charge >= 0.3 is 6.98 Å². The maximum Gasteiger partial charge on any atom is 0.484 e. The minimum Gasteiger partial charge on any atom is -0.449 e. The molecular formula is C9H10BF3N-. The number of aromatic nitrogens is 1. The number of hydrogen-bond donors (Lipinski definition) is 0. The molecule has 5 heteroatoms. The number of halogens is 3. The second kappa shape index (κ2) is 3.30. The topological polar surface area (TPSA) is 12.9 Å². The van der Waals surface area contributed by atoms with Crippen molar-refractivity contribution in [2.24, 2.45) is 0 Å². The molecule has 1 fully saturated rings. The lowest BCUT2D eigenvalue weighted by molar-refractivity contribution is 0.467. The first-order chi connectivity index (χ1) is 6.54. The van der Waals surface area contributed by atoms with Gasteiger partial charge in [-0.2, -0.15) is 0 Å². The zero-order valence-electron chi connectivity index (χ0n) is 7.59. The van der Waals surface area contributed by atoms with E-state index < -0.39 is 13.3 Å². The molecular weight excluding hydrogens is 190 g/mol. The minimum atomic E-state index is -4.76. The molecule has 1 aromatic rings. The standard InChI is InChI=1S/C9H10BF3N/c11-10(12,13)5-9-4-3-8(6-14-9)7-1-2-7/h3-4,6-7H,1-2,5H2/q-1. The van der Waals surface area contributed by atoms with Gasteiger partial charge in [0.05, 0.1) is 0 Å². The summed E-state index contributed by atoms with van der Waals surface area (Å²) >= 11 is 0. The van der Waals surface area contributed by atoms with Crippen molar-refractivity contribution in [1.82, 2.24) is 4.98 Å². The summed E-state index contributed by atoms with van der Waals surface area (Å²) in [4.78, 5) is 3.82. The number of nitrogens with zero attached hydrogens (tertiary/aromatic N) is 1. The molecule has 0 atom stereocenters. The summed E-state index contributed by atoms with van der Waals surface area (Å²) in [6, 6.07) is 3.25. The highest BCUT2D eigenvalue weighted by molar-refractivity contribution is 6.57. The van der Waals surface area contributed by atoms with Gasteiger partial charge in [0.1, 0.15) is 0 Å². The van der Waals surface area contributed by atoms with Crippen LogP contribution in [0.3, 0.4) is 0 Å². The van der Waals surface area contributed by atoms with Gasteiger partial charge in [0.15, 0.2) is 0 Å². The van der Waals surface area contributed by atoms with E-state index in [0.717, 1.165) is 18.4 Å². The van der Waals surface area contributed by atoms with Crippen LogP contribution in [-0.4, -0.2) is 12.0 Å². The minimum absolute atomic E-state index is 0.127. The molecule has 0 spiro atoms. The van der Waals surface area contributed by atoms with Crippen LogP contribution >= 0.6 is 0 Å². The van der Waals surface area contributed by atoms with Gasteiger partial charge < -0.3 is 12.9 Å². The average molecular weight is 200 g/mol. The molecule has 0 unspecified atom stereocenters. The van der Waals surface area contributed by atoms with E-state index in [2.05, 4.69) is 4.98 Å². The van der Waals surface area contributed by atoms with E-state index in [4.69, 9.17) is 0 Å². The molecule has 0 aromatic carbocycles. The van der Waals surface area contributed by atoms with E-state index in [0.29, 0.717) is 5.92 Å². The van der Waals surface area contributed by atoms with Gasteiger partial charge in [0.25, 0.3) is 0 Å². The molecule has 1 heterocycles. The lowest BCUT2D eigenvalue weighted by Crippen LogP contribution is -2.20. The molecule has 0 N–H and O–H groups in total. The lowest BCUT2D eigenvalue weighted by Gasteiger charge is -2.12. The smallest absolute Gasteiger partial charge is 0.449 e. The quantitative estimate of drug-likeness (QED) is 0.683. The van der Waals surface area contributed by atoms with Crippen molar-refractivity contribution in [3.8, 4) is 0 Å². The molecule has 76 valence electrons. The number of rotatable bonds is 3. The summed E-state index contributed by atoms with van der Waals surface area (Å²) in [7, 11) is 0. The zero-order chi connectivity index (χ0) is 10.2. The Morgan fingerprint density at radius 3 is 2.43 bits per heavy atom. The molecule has 1 nitrogen and oxygen atoms in total. The van der Waals surface area contributed by atoms with Crippen molar-refractivity contribution in [1.29, 1.82) is 0 Å². The Labute approximate surface area is 80.4 Å². The monoisotopic (exact) mass is 200 g/mol. The molecule has 0 radical (unpaired) electrons. The third kappa shape index (κ3) is 2.50. The molecule has 1 aliphatic rings. The summed E-state index contributed by atoms with van der Waals surface area (Å²) in [5.74, 6) is 0.549. The van der Waals surface area contributed by atoms with Gasteiger partial charge in [-0.3, -0.25) is 4.98 Å². The second-order valence-corrected chi connectivity index (χ2v) is 3.77. The first-order valence-corrected chi connectivity index (χ1v) is 4.70. The van der Waals surface area contributed by atoms with Crippen molar-refractivity contribution in [2.45, 2.75) is 25.1 Å². The predicted molar refractivity (Wildman–Crippen MR) is 49.0 cm³/mol. The fourth-order valence-electron chi connectivity index (χ4n) is 1.45. The highest BCUT2D eigenvalue weighted by atomic mass is 19.4. The van der Waals surface area contributed by atoms with Crippen molar-refractivity contribution < 1.29 is 12.9 Å². The summed E-state index contributed by atoms with van der Waals surface area (Å²) in [6.45, 7) is -4.76. The van der Waals surface area contributed by atoms with E-state index in [-0.39, 0.29) is 5.69 Å². The maximum atomic E-state index is 12.0. The highest BCUT2D eigenvalue weighted by Crippen LogP contribution is 2.39. The van der Waals surface area contributed by atoms with Crippen LogP contribution in [0.1, 0.15) is 30.0 Å². The zero-order valence-corrected chi connectivity index (χ0v) is 7.59. The Bertz CT molecular complexity index is 316. The van der Waals surface area contributed by atoms with Crippen molar-refractivity contribution >= 4 is 6.98 Å². The van der Waals surface area contributed by atoms with Gasteiger partial charge in [0.2, 0.25) is 0 Å². The SMILES string of the molecule is F[B-](F)(F)Cc1ccc(C2CC2)cn1. The van der Waals surface area contributed by atoms with Crippen LogP contribution in [0.25, 0.3) is 0 Å². The Kier molecular flexibility index (Phi) is 2.25. The fourth-order valence-corrected chi connectivity index (χ4v) is 1.45. The largest absolute Gasteiger partial charge is 0.484 e. The molecule has 0 aliphatic heterocycles. The molecule has 1 saturated carbocycles. The summed E-state index contributed by atoms with van der Waals surface area (Å²) in [5, 5.41) is 0. The van der Waals surface area contributed by atoms with Crippen LogP contribution in [0.5, 0.6) is 0 Å². The maximum absolute atomic E-state index is 12.0. The molecule has 0 bridgehead atoms. The van der Waals surface area contributed by atoms with Crippen molar-refractivity contribution in [3.63, 3.8) is 0 Å². The molecule has 0 saturated heterocycles. The van der Waals surface area contributed by atoms with Crippen LogP contribution in [0, 0.1) is 0 Å². The van der Waals surface area contributed by atoms with E-state index >= 15 is 0 Å². The Morgan fingerprint density at radius 1 is 1.29 bits per heavy atom. The van der Waals surface area contributed by atoms with Crippen LogP contribution < -0.4 is 0 Å². The molecule has 1 aliphatic carbocycles. The van der Waals surface area contributed by atoms with E-state index in [9.17, 15) is 12.9 Å². The summed E-state index contributed by atoms with van der Waals surface area (Å²) in [6.07, 6.45) is 2.99. The van der Waals surface area contributed by atoms with Gasteiger partial charge in [-0.1, -0.05) is 6.07 Å². The van der Waals surface area contributed by atoms with Crippen LogP contribution in [0.2, 0.25) is 0 Å². The first-order valence-electron chi connectivity index (χ1n) is 4.70. The highest BCUT2D eigenvalue weighted by Gasteiger charge is 2.26. The van der Waals surface area contributed by atoms with Gasteiger partial charge in [-0.15, -0.1) is 0 Å². The second-order valence-electron chi connectivity index (χ2n) is 3.77. The summed E-state index contributed by atoms with van der Waals surface area (Å²) < 4.78 is 36.1. The Morgan fingerprint density at radius 2 is 2.00 bits per heavy atom. The number of hydrogen-bond acceptors (Lipinski definition) is 1. The van der Waals surface area contributed by atoms with Crippen molar-refractivity contribution in [2.75, 3.05) is 0 Å². The first kappa shape index (κ1) is 9.56. The predicted octanol–water partition coefficient (Wildman–Crippen LogP) is 2.89. The molecule has 14 heavy (non-hydrogen) atoms. The molecule has 2 rings (SSSR count). The average Bonchev–Trinajstić information content (AvgIpc) is 2.85. The van der Waals surface area contributed by atoms with E-state index in [1.54, 1.807) is 12.3 Å². The van der Waals surface area contributed by atoms with Crippen LogP contribution in [0.4, 0.5) is 12.9 Å². The van der Waals surface area contributed by atoms with Gasteiger partial charge in [0, 0.05) is 11.9 Å². The third-order valence-corrected chi connectivity index (χ3v) is 2.34. The summed E-state index contributed by atoms with van der Waals surface area (Å²) in [5.41, 5.74) is 1.20. The van der Waals surface area contributed by atoms with Crippen molar-refractivity contribution in [3.05, 3.63) is 29.6 Å². The van der Waals surface area contributed by atoms with Gasteiger partial charge in [-0.05, 0) is 36.7 Å². The Hall–Kier alpha value is -0.995. The normalized spacial score (nSPS) is 17.1. The fraction of sp³-hybridized carbons (Fsp3) is 0.444. The number of pyridine rings is 1. The van der Waals surface area contributed by atoms with E-state index in [1.165, 1.54) is 6.07 Å². The van der Waals surface area contributed by atoms with Gasteiger partial charge in [-0.25, -0.2) is 0 Å². The lowest BCUT2D eigenvalue weighted by atomic mass is 9.84. The van der Waals surface area contributed by atoms with E-state index in [1.807, 2.05) is 0 Å². The molecule has 0 amide bonds. The van der Waals surface area contributed by atoms with Crippen LogP contribution in [-0.2, 0) is 6.32 Å². The Balaban J connectivity index is 2.06. The van der Waals surface area contributed by atoms with Crippen LogP contribution in [0.15, 0.2) is 18.3 Å². The molecule has 1 aromatic heterocycles. The third-order valence-electron chi connectivity index (χ3n) is 2.34.